The van der Waals surface area contributed by atoms with Crippen molar-refractivity contribution in [3.05, 3.63) is 35.4 Å². The van der Waals surface area contributed by atoms with E-state index in [2.05, 4.69) is 26.0 Å². The summed E-state index contributed by atoms with van der Waals surface area (Å²) in [6.07, 6.45) is 0.972. The monoisotopic (exact) mass is 253 g/mol. The molecular weight excluding hydrogens is 236 g/mol. The average Bonchev–Trinajstić information content (AvgIpc) is 2.11. The van der Waals surface area contributed by atoms with E-state index in [1.165, 1.54) is 5.56 Å². The lowest BCUT2D eigenvalue weighted by atomic mass is 9.23. The van der Waals surface area contributed by atoms with Crippen molar-refractivity contribution in [3.8, 4) is 0 Å². The van der Waals surface area contributed by atoms with Crippen molar-refractivity contribution in [2.45, 2.75) is 49.8 Å². The SMILES string of the molecule is CC(C)c1ccc(C23CC([B-](F)(F)F)(C2)C3)cc1. The van der Waals surface area contributed by atoms with Gasteiger partial charge in [-0.2, -0.15) is 0 Å². The van der Waals surface area contributed by atoms with Crippen LogP contribution < -0.4 is 0 Å². The molecule has 0 aromatic heterocycles. The molecule has 0 N–H and O–H groups in total. The van der Waals surface area contributed by atoms with Crippen molar-refractivity contribution in [2.75, 3.05) is 0 Å². The molecule has 0 atom stereocenters. The topological polar surface area (TPSA) is 0 Å². The molecule has 0 aliphatic heterocycles. The zero-order valence-electron chi connectivity index (χ0n) is 10.7. The van der Waals surface area contributed by atoms with Gasteiger partial charge in [0.1, 0.15) is 0 Å². The fraction of sp³-hybridized carbons (Fsp3) is 0.571. The maximum absolute atomic E-state index is 12.8. The van der Waals surface area contributed by atoms with Gasteiger partial charge in [-0.25, -0.2) is 0 Å². The second-order valence-electron chi connectivity index (χ2n) is 6.52. The fourth-order valence-corrected chi connectivity index (χ4v) is 3.74. The average molecular weight is 253 g/mol. The van der Waals surface area contributed by atoms with Crippen LogP contribution in [0.2, 0.25) is 5.31 Å². The Bertz CT molecular complexity index is 453. The first-order valence-corrected chi connectivity index (χ1v) is 6.58. The van der Waals surface area contributed by atoms with Gasteiger partial charge in [0.15, 0.2) is 0 Å². The van der Waals surface area contributed by atoms with Gasteiger partial charge in [-0.15, -0.1) is 0 Å². The van der Waals surface area contributed by atoms with Crippen LogP contribution in [-0.4, -0.2) is 6.98 Å². The van der Waals surface area contributed by atoms with E-state index in [1.807, 2.05) is 12.1 Å². The van der Waals surface area contributed by atoms with Gasteiger partial charge >= 0.3 is 6.98 Å². The Labute approximate surface area is 106 Å². The van der Waals surface area contributed by atoms with Crippen molar-refractivity contribution < 1.29 is 12.9 Å². The molecule has 4 rings (SSSR count). The van der Waals surface area contributed by atoms with E-state index in [4.69, 9.17) is 0 Å². The molecule has 3 aliphatic rings. The van der Waals surface area contributed by atoms with E-state index in [0.717, 1.165) is 5.56 Å². The third-order valence-electron chi connectivity index (χ3n) is 4.96. The Kier molecular flexibility index (Phi) is 2.25. The lowest BCUT2D eigenvalue weighted by Crippen LogP contribution is -2.67. The summed E-state index contributed by atoms with van der Waals surface area (Å²) < 4.78 is 38.5. The van der Waals surface area contributed by atoms with Crippen LogP contribution in [0.5, 0.6) is 0 Å². The second kappa shape index (κ2) is 3.34. The molecule has 0 heterocycles. The first-order valence-electron chi connectivity index (χ1n) is 6.58. The highest BCUT2D eigenvalue weighted by molar-refractivity contribution is 6.63. The van der Waals surface area contributed by atoms with E-state index < -0.39 is 12.3 Å². The van der Waals surface area contributed by atoms with Crippen LogP contribution in [0.25, 0.3) is 0 Å². The Balaban J connectivity index is 1.77. The van der Waals surface area contributed by atoms with Crippen molar-refractivity contribution in [2.24, 2.45) is 0 Å². The van der Waals surface area contributed by atoms with Gasteiger partial charge < -0.3 is 12.9 Å². The van der Waals surface area contributed by atoms with Crippen LogP contribution in [0.1, 0.15) is 50.2 Å². The zero-order chi connectivity index (χ0) is 13.2. The lowest BCUT2D eigenvalue weighted by Gasteiger charge is -2.75. The van der Waals surface area contributed by atoms with Gasteiger partial charge in [-0.05, 0) is 22.5 Å². The van der Waals surface area contributed by atoms with Gasteiger partial charge in [0.05, 0.1) is 0 Å². The van der Waals surface area contributed by atoms with E-state index in [0.29, 0.717) is 25.2 Å². The summed E-state index contributed by atoms with van der Waals surface area (Å²) in [5.74, 6) is 0.469. The van der Waals surface area contributed by atoms with Crippen molar-refractivity contribution >= 4 is 6.98 Å². The van der Waals surface area contributed by atoms with Crippen LogP contribution in [0.3, 0.4) is 0 Å². The molecule has 0 spiro atoms. The lowest BCUT2D eigenvalue weighted by molar-refractivity contribution is -0.0400. The molecule has 98 valence electrons. The molecule has 2 bridgehead atoms. The summed E-state index contributed by atoms with van der Waals surface area (Å²) in [7, 11) is 0. The summed E-state index contributed by atoms with van der Waals surface area (Å²) in [5, 5.41) is -1.28. The molecule has 18 heavy (non-hydrogen) atoms. The van der Waals surface area contributed by atoms with Crippen LogP contribution in [0, 0.1) is 0 Å². The number of hydrogen-bond donors (Lipinski definition) is 0. The summed E-state index contributed by atoms with van der Waals surface area (Å²) in [5.41, 5.74) is 2.21. The van der Waals surface area contributed by atoms with Gasteiger partial charge in [0.25, 0.3) is 0 Å². The molecule has 1 aromatic carbocycles. The normalized spacial score (nSPS) is 34.1. The van der Waals surface area contributed by atoms with Crippen LogP contribution >= 0.6 is 0 Å². The number of halogens is 3. The highest BCUT2D eigenvalue weighted by Crippen LogP contribution is 2.82. The van der Waals surface area contributed by atoms with Gasteiger partial charge in [-0.1, -0.05) is 62.7 Å². The predicted octanol–water partition coefficient (Wildman–Crippen LogP) is 4.83. The molecule has 3 fully saturated rings. The van der Waals surface area contributed by atoms with E-state index in [-0.39, 0.29) is 5.41 Å². The molecule has 0 radical (unpaired) electrons. The van der Waals surface area contributed by atoms with Crippen molar-refractivity contribution in [1.82, 2.24) is 0 Å². The van der Waals surface area contributed by atoms with Gasteiger partial charge in [0.2, 0.25) is 0 Å². The highest BCUT2D eigenvalue weighted by atomic mass is 19.4. The molecule has 0 saturated heterocycles. The molecule has 0 nitrogen and oxygen atoms in total. The standard InChI is InChI=1S/C14H17BF3/c1-10(2)11-3-5-12(6-4-11)13-7-14(8-13,9-13)15(16,17)18/h3-6,10H,7-9H2,1-2H3/q-1. The Morgan fingerprint density at radius 2 is 1.50 bits per heavy atom. The first kappa shape index (κ1) is 12.1. The van der Waals surface area contributed by atoms with Gasteiger partial charge in [-0.3, -0.25) is 0 Å². The highest BCUT2D eigenvalue weighted by Gasteiger charge is 2.74. The largest absolute Gasteiger partial charge is 0.484 e. The third kappa shape index (κ3) is 1.41. The summed E-state index contributed by atoms with van der Waals surface area (Å²) >= 11 is 0. The van der Waals surface area contributed by atoms with Crippen LogP contribution in [0.15, 0.2) is 24.3 Å². The molecule has 0 amide bonds. The summed E-state index contributed by atoms with van der Waals surface area (Å²) in [6.45, 7) is -0.408. The molecule has 3 saturated carbocycles. The van der Waals surface area contributed by atoms with Crippen LogP contribution in [-0.2, 0) is 5.41 Å². The van der Waals surface area contributed by atoms with Gasteiger partial charge in [0, 0.05) is 0 Å². The van der Waals surface area contributed by atoms with E-state index in [1.54, 1.807) is 0 Å². The summed E-state index contributed by atoms with van der Waals surface area (Å²) in [6, 6.07) is 8.18. The molecular formula is C14H17BF3-. The van der Waals surface area contributed by atoms with Crippen LogP contribution in [0.4, 0.5) is 12.9 Å². The smallest absolute Gasteiger partial charge is 0.449 e. The van der Waals surface area contributed by atoms with Crippen molar-refractivity contribution in [1.29, 1.82) is 0 Å². The Hall–Kier alpha value is -0.925. The molecule has 4 heteroatoms. The number of benzene rings is 1. The maximum Gasteiger partial charge on any atom is 0.484 e. The number of hydrogen-bond acceptors (Lipinski definition) is 0. The second-order valence-corrected chi connectivity index (χ2v) is 6.52. The minimum Gasteiger partial charge on any atom is -0.449 e. The molecule has 0 unspecified atom stereocenters. The minimum atomic E-state index is -4.65. The third-order valence-corrected chi connectivity index (χ3v) is 4.96. The fourth-order valence-electron chi connectivity index (χ4n) is 3.74. The predicted molar refractivity (Wildman–Crippen MR) is 67.8 cm³/mol. The van der Waals surface area contributed by atoms with Crippen molar-refractivity contribution in [3.63, 3.8) is 0 Å². The molecule has 3 aliphatic carbocycles. The van der Waals surface area contributed by atoms with E-state index in [9.17, 15) is 12.9 Å². The molecule has 1 aromatic rings. The maximum atomic E-state index is 12.8. The number of rotatable bonds is 3. The first-order chi connectivity index (χ1) is 8.28. The quantitative estimate of drug-likeness (QED) is 0.676. The Morgan fingerprint density at radius 1 is 1.00 bits per heavy atom. The zero-order valence-corrected chi connectivity index (χ0v) is 10.7. The minimum absolute atomic E-state index is 0.146. The summed E-state index contributed by atoms with van der Waals surface area (Å²) in [4.78, 5) is 0. The Morgan fingerprint density at radius 3 is 1.89 bits per heavy atom. The van der Waals surface area contributed by atoms with E-state index >= 15 is 0 Å².